The fraction of sp³-hybridized carbons (Fsp3) is 0.0667. The van der Waals surface area contributed by atoms with E-state index in [1.54, 1.807) is 18.2 Å². The van der Waals surface area contributed by atoms with Gasteiger partial charge in [0.1, 0.15) is 0 Å². The Kier molecular flexibility index (Phi) is 4.30. The van der Waals surface area contributed by atoms with Gasteiger partial charge in [0.25, 0.3) is 11.6 Å². The van der Waals surface area contributed by atoms with Gasteiger partial charge in [-0.3, -0.25) is 14.9 Å². The molecule has 2 aromatic carbocycles. The highest BCUT2D eigenvalue weighted by atomic mass is 35.5. The number of hydrogen-bond acceptors (Lipinski definition) is 6. The molecule has 1 aliphatic heterocycles. The van der Waals surface area contributed by atoms with Gasteiger partial charge in [-0.05, 0) is 18.2 Å². The Morgan fingerprint density at radius 2 is 2.17 bits per heavy atom. The van der Waals surface area contributed by atoms with Crippen LogP contribution in [0.5, 0.6) is 11.5 Å². The van der Waals surface area contributed by atoms with Crippen molar-refractivity contribution in [3.05, 3.63) is 62.7 Å². The summed E-state index contributed by atoms with van der Waals surface area (Å²) in [4.78, 5) is 22.1. The van der Waals surface area contributed by atoms with Gasteiger partial charge >= 0.3 is 0 Å². The summed E-state index contributed by atoms with van der Waals surface area (Å²) in [7, 11) is 0. The number of ether oxygens (including phenoxy) is 2. The van der Waals surface area contributed by atoms with E-state index in [0.717, 1.165) is 6.07 Å². The average molecular weight is 348 g/mol. The van der Waals surface area contributed by atoms with Crippen molar-refractivity contribution in [1.82, 2.24) is 5.43 Å². The standard InChI is InChI=1S/C15H10ClN3O5/c16-12-6-10(19(21)22)4-5-11(12)15(20)18-17-7-9-2-1-3-13-14(9)24-8-23-13/h1-7H,8H2,(H,18,20)/b17-7-. The maximum absolute atomic E-state index is 12.0. The van der Waals surface area contributed by atoms with Crippen molar-refractivity contribution in [3.8, 4) is 11.5 Å². The number of carbonyl (C=O) groups is 1. The number of carbonyl (C=O) groups excluding carboxylic acids is 1. The van der Waals surface area contributed by atoms with Crippen LogP contribution in [0, 0.1) is 10.1 Å². The number of para-hydroxylation sites is 1. The number of non-ortho nitro benzene ring substituents is 1. The molecule has 0 atom stereocenters. The van der Waals surface area contributed by atoms with Crippen molar-refractivity contribution in [2.75, 3.05) is 6.79 Å². The molecule has 0 radical (unpaired) electrons. The summed E-state index contributed by atoms with van der Waals surface area (Å²) < 4.78 is 10.6. The van der Waals surface area contributed by atoms with Gasteiger partial charge in [0, 0.05) is 17.7 Å². The minimum atomic E-state index is -0.593. The minimum absolute atomic E-state index is 0.0331. The molecule has 0 bridgehead atoms. The number of rotatable bonds is 4. The summed E-state index contributed by atoms with van der Waals surface area (Å²) in [5, 5.41) is 14.5. The minimum Gasteiger partial charge on any atom is -0.454 e. The summed E-state index contributed by atoms with van der Waals surface area (Å²) in [6, 6.07) is 8.85. The van der Waals surface area contributed by atoms with Crippen LogP contribution in [0.3, 0.4) is 0 Å². The zero-order valence-corrected chi connectivity index (χ0v) is 12.8. The molecular weight excluding hydrogens is 338 g/mol. The fourth-order valence-electron chi connectivity index (χ4n) is 2.08. The molecule has 1 aliphatic rings. The third kappa shape index (κ3) is 3.13. The van der Waals surface area contributed by atoms with Gasteiger partial charge in [0.2, 0.25) is 6.79 Å². The molecule has 24 heavy (non-hydrogen) atoms. The molecule has 0 aromatic heterocycles. The molecular formula is C15H10ClN3O5. The number of fused-ring (bicyclic) bond motifs is 1. The number of halogens is 1. The molecule has 0 spiro atoms. The monoisotopic (exact) mass is 347 g/mol. The van der Waals surface area contributed by atoms with Gasteiger partial charge in [0.15, 0.2) is 11.5 Å². The van der Waals surface area contributed by atoms with Crippen LogP contribution in [0.25, 0.3) is 0 Å². The Morgan fingerprint density at radius 1 is 1.33 bits per heavy atom. The molecule has 1 N–H and O–H groups in total. The quantitative estimate of drug-likeness (QED) is 0.520. The topological polar surface area (TPSA) is 103 Å². The molecule has 2 aromatic rings. The van der Waals surface area contributed by atoms with Crippen LogP contribution in [0.4, 0.5) is 5.69 Å². The van der Waals surface area contributed by atoms with E-state index in [2.05, 4.69) is 10.5 Å². The summed E-state index contributed by atoms with van der Waals surface area (Å²) in [5.74, 6) is 0.559. The van der Waals surface area contributed by atoms with Crippen molar-refractivity contribution in [3.63, 3.8) is 0 Å². The highest BCUT2D eigenvalue weighted by Gasteiger charge is 2.17. The van der Waals surface area contributed by atoms with Crippen LogP contribution >= 0.6 is 11.6 Å². The van der Waals surface area contributed by atoms with Crippen LogP contribution in [0.15, 0.2) is 41.5 Å². The Balaban J connectivity index is 1.72. The molecule has 0 aliphatic carbocycles. The van der Waals surface area contributed by atoms with Gasteiger partial charge < -0.3 is 9.47 Å². The summed E-state index contributed by atoms with van der Waals surface area (Å²) in [6.45, 7) is 0.130. The third-order valence-corrected chi connectivity index (χ3v) is 3.52. The molecule has 0 unspecified atom stereocenters. The second-order valence-electron chi connectivity index (χ2n) is 4.70. The van der Waals surface area contributed by atoms with Crippen LogP contribution in [0.2, 0.25) is 5.02 Å². The highest BCUT2D eigenvalue weighted by Crippen LogP contribution is 2.34. The van der Waals surface area contributed by atoms with Crippen LogP contribution in [-0.4, -0.2) is 23.8 Å². The predicted molar refractivity (Wildman–Crippen MR) is 85.7 cm³/mol. The lowest BCUT2D eigenvalue weighted by Crippen LogP contribution is -2.18. The predicted octanol–water partition coefficient (Wildman–Crippen LogP) is 2.74. The van der Waals surface area contributed by atoms with E-state index in [1.807, 2.05) is 0 Å². The number of nitro groups is 1. The normalized spacial score (nSPS) is 12.4. The first-order valence-electron chi connectivity index (χ1n) is 6.72. The third-order valence-electron chi connectivity index (χ3n) is 3.20. The van der Waals surface area contributed by atoms with Crippen LogP contribution < -0.4 is 14.9 Å². The molecule has 0 saturated carbocycles. The molecule has 0 fully saturated rings. The zero-order chi connectivity index (χ0) is 17.1. The van der Waals surface area contributed by atoms with Gasteiger partial charge in [0.05, 0.1) is 21.7 Å². The Morgan fingerprint density at radius 3 is 2.92 bits per heavy atom. The first kappa shape index (κ1) is 15.8. The van der Waals surface area contributed by atoms with Gasteiger partial charge in [-0.15, -0.1) is 0 Å². The molecule has 0 saturated heterocycles. The second kappa shape index (κ2) is 6.55. The van der Waals surface area contributed by atoms with Crippen molar-refractivity contribution in [2.45, 2.75) is 0 Å². The lowest BCUT2D eigenvalue weighted by molar-refractivity contribution is -0.384. The lowest BCUT2D eigenvalue weighted by atomic mass is 10.2. The van der Waals surface area contributed by atoms with Crippen LogP contribution in [-0.2, 0) is 0 Å². The Bertz CT molecular complexity index is 853. The zero-order valence-electron chi connectivity index (χ0n) is 12.1. The number of nitro benzene ring substituents is 1. The Hall–Kier alpha value is -3.13. The number of amides is 1. The number of benzene rings is 2. The molecule has 122 valence electrons. The molecule has 3 rings (SSSR count). The van der Waals surface area contributed by atoms with Gasteiger partial charge in [-0.1, -0.05) is 17.7 Å². The number of nitrogens with zero attached hydrogens (tertiary/aromatic N) is 2. The maximum Gasteiger partial charge on any atom is 0.272 e. The first-order valence-corrected chi connectivity index (χ1v) is 7.10. The van der Waals surface area contributed by atoms with E-state index in [1.165, 1.54) is 18.3 Å². The largest absolute Gasteiger partial charge is 0.454 e. The second-order valence-corrected chi connectivity index (χ2v) is 5.11. The van der Waals surface area contributed by atoms with E-state index in [0.29, 0.717) is 17.1 Å². The van der Waals surface area contributed by atoms with Gasteiger partial charge in [-0.2, -0.15) is 5.10 Å². The first-order chi connectivity index (χ1) is 11.6. The summed E-state index contributed by atoms with van der Waals surface area (Å²) >= 11 is 5.89. The molecule has 8 nitrogen and oxygen atoms in total. The van der Waals surface area contributed by atoms with E-state index < -0.39 is 10.8 Å². The van der Waals surface area contributed by atoms with E-state index in [-0.39, 0.29) is 23.1 Å². The van der Waals surface area contributed by atoms with Gasteiger partial charge in [-0.25, -0.2) is 5.43 Å². The number of hydrogen-bond donors (Lipinski definition) is 1. The average Bonchev–Trinajstić information content (AvgIpc) is 3.04. The lowest BCUT2D eigenvalue weighted by Gasteiger charge is -2.03. The van der Waals surface area contributed by atoms with E-state index in [9.17, 15) is 14.9 Å². The summed E-state index contributed by atoms with van der Waals surface area (Å²) in [5.41, 5.74) is 2.83. The molecule has 1 amide bonds. The van der Waals surface area contributed by atoms with E-state index >= 15 is 0 Å². The molecule has 1 heterocycles. The highest BCUT2D eigenvalue weighted by molar-refractivity contribution is 6.34. The smallest absolute Gasteiger partial charge is 0.272 e. The molecule has 9 heteroatoms. The van der Waals surface area contributed by atoms with Crippen molar-refractivity contribution >= 4 is 29.4 Å². The number of nitrogens with one attached hydrogen (secondary N) is 1. The number of hydrazone groups is 1. The maximum atomic E-state index is 12.0. The van der Waals surface area contributed by atoms with Crippen molar-refractivity contribution < 1.29 is 19.2 Å². The van der Waals surface area contributed by atoms with Crippen molar-refractivity contribution in [2.24, 2.45) is 5.10 Å². The van der Waals surface area contributed by atoms with Crippen LogP contribution in [0.1, 0.15) is 15.9 Å². The summed E-state index contributed by atoms with van der Waals surface area (Å²) in [6.07, 6.45) is 1.41. The van der Waals surface area contributed by atoms with Crippen molar-refractivity contribution in [1.29, 1.82) is 0 Å². The Labute approximate surface area is 140 Å². The van der Waals surface area contributed by atoms with E-state index in [4.69, 9.17) is 21.1 Å². The fourth-order valence-corrected chi connectivity index (χ4v) is 2.34. The SMILES string of the molecule is O=C(N/N=C\c1cccc2c1OCO2)c1ccc([N+](=O)[O-])cc1Cl.